The van der Waals surface area contributed by atoms with Crippen LogP contribution >= 0.6 is 11.8 Å². The van der Waals surface area contributed by atoms with E-state index in [9.17, 15) is 4.79 Å². The lowest BCUT2D eigenvalue weighted by atomic mass is 10.2. The Bertz CT molecular complexity index is 994. The molecule has 1 aliphatic carbocycles. The van der Waals surface area contributed by atoms with Gasteiger partial charge in [-0.3, -0.25) is 4.79 Å². The maximum Gasteiger partial charge on any atom is 0.238 e. The number of anilines is 1. The number of benzene rings is 1. The van der Waals surface area contributed by atoms with E-state index in [0.717, 1.165) is 42.6 Å². The van der Waals surface area contributed by atoms with Crippen molar-refractivity contribution in [2.45, 2.75) is 68.9 Å². The first kappa shape index (κ1) is 20.7. The van der Waals surface area contributed by atoms with Gasteiger partial charge in [0.2, 0.25) is 5.91 Å². The summed E-state index contributed by atoms with van der Waals surface area (Å²) in [6, 6.07) is 12.4. The minimum Gasteiger partial charge on any atom is -0.310 e. The quantitative estimate of drug-likeness (QED) is 0.512. The zero-order valence-electron chi connectivity index (χ0n) is 17.7. The Morgan fingerprint density at radius 2 is 1.97 bits per heavy atom. The van der Waals surface area contributed by atoms with Gasteiger partial charge in [0.25, 0.3) is 0 Å². The molecule has 1 aliphatic rings. The summed E-state index contributed by atoms with van der Waals surface area (Å²) in [6.45, 7) is 6.82. The van der Waals surface area contributed by atoms with Crippen LogP contribution in [0.5, 0.6) is 0 Å². The molecule has 30 heavy (non-hydrogen) atoms. The maximum absolute atomic E-state index is 12.9. The van der Waals surface area contributed by atoms with Crippen LogP contribution in [0.4, 0.5) is 5.82 Å². The van der Waals surface area contributed by atoms with Crippen molar-refractivity contribution < 1.29 is 4.79 Å². The molecule has 0 bridgehead atoms. The SMILES string of the molecule is CC[C@H](C)n1nccc1NC(=O)[C@H](C)Sc1nnc(C2CC2)n1Cc1ccccc1. The predicted molar refractivity (Wildman–Crippen MR) is 119 cm³/mol. The number of hydrogen-bond acceptors (Lipinski definition) is 5. The zero-order valence-corrected chi connectivity index (χ0v) is 18.5. The fourth-order valence-electron chi connectivity index (χ4n) is 3.32. The molecule has 1 amide bonds. The number of carbonyl (C=O) groups excluding carboxylic acids is 1. The molecule has 7 nitrogen and oxygen atoms in total. The molecular formula is C22H28N6OS. The summed E-state index contributed by atoms with van der Waals surface area (Å²) < 4.78 is 4.03. The lowest BCUT2D eigenvalue weighted by molar-refractivity contribution is -0.115. The topological polar surface area (TPSA) is 77.6 Å². The van der Waals surface area contributed by atoms with Gasteiger partial charge in [-0.2, -0.15) is 5.10 Å². The first-order valence-electron chi connectivity index (χ1n) is 10.5. The van der Waals surface area contributed by atoms with Gasteiger partial charge in [0, 0.05) is 12.0 Å². The maximum atomic E-state index is 12.9. The third-order valence-electron chi connectivity index (χ3n) is 5.45. The third-order valence-corrected chi connectivity index (χ3v) is 6.53. The van der Waals surface area contributed by atoms with Gasteiger partial charge >= 0.3 is 0 Å². The van der Waals surface area contributed by atoms with Crippen molar-refractivity contribution in [2.24, 2.45) is 0 Å². The normalized spacial score (nSPS) is 15.7. The molecule has 1 N–H and O–H groups in total. The fraction of sp³-hybridized carbons (Fsp3) is 0.455. The monoisotopic (exact) mass is 424 g/mol. The second-order valence-corrected chi connectivity index (χ2v) is 9.16. The minimum absolute atomic E-state index is 0.0627. The van der Waals surface area contributed by atoms with Crippen LogP contribution in [0.15, 0.2) is 47.8 Å². The van der Waals surface area contributed by atoms with E-state index < -0.39 is 0 Å². The lowest BCUT2D eigenvalue weighted by Crippen LogP contribution is -2.25. The van der Waals surface area contributed by atoms with E-state index in [2.05, 4.69) is 51.2 Å². The van der Waals surface area contributed by atoms with E-state index in [4.69, 9.17) is 0 Å². The van der Waals surface area contributed by atoms with Crippen molar-refractivity contribution in [1.29, 1.82) is 0 Å². The average Bonchev–Trinajstić information content (AvgIpc) is 3.38. The van der Waals surface area contributed by atoms with Crippen LogP contribution in [-0.2, 0) is 11.3 Å². The van der Waals surface area contributed by atoms with Crippen LogP contribution in [0, 0.1) is 0 Å². The Hall–Kier alpha value is -2.61. The summed E-state index contributed by atoms with van der Waals surface area (Å²) in [7, 11) is 0. The van der Waals surface area contributed by atoms with E-state index >= 15 is 0 Å². The van der Waals surface area contributed by atoms with Crippen molar-refractivity contribution in [3.63, 3.8) is 0 Å². The van der Waals surface area contributed by atoms with Gasteiger partial charge < -0.3 is 9.88 Å². The molecule has 2 atom stereocenters. The van der Waals surface area contributed by atoms with Gasteiger partial charge in [0.15, 0.2) is 5.16 Å². The number of thioether (sulfide) groups is 1. The van der Waals surface area contributed by atoms with Crippen LogP contribution in [0.25, 0.3) is 0 Å². The van der Waals surface area contributed by atoms with Crippen molar-refractivity contribution in [1.82, 2.24) is 24.5 Å². The van der Waals surface area contributed by atoms with Crippen LogP contribution in [0.3, 0.4) is 0 Å². The third kappa shape index (κ3) is 4.59. The number of nitrogens with zero attached hydrogens (tertiary/aromatic N) is 5. The highest BCUT2D eigenvalue weighted by molar-refractivity contribution is 8.00. The number of rotatable bonds is 9. The molecule has 2 aromatic heterocycles. The summed E-state index contributed by atoms with van der Waals surface area (Å²) in [5.41, 5.74) is 1.20. The molecule has 2 heterocycles. The molecule has 0 unspecified atom stereocenters. The van der Waals surface area contributed by atoms with Crippen molar-refractivity contribution >= 4 is 23.5 Å². The number of carbonyl (C=O) groups is 1. The summed E-state index contributed by atoms with van der Waals surface area (Å²) in [4.78, 5) is 12.9. The molecule has 1 aromatic carbocycles. The molecule has 0 saturated heterocycles. The van der Waals surface area contributed by atoms with Crippen molar-refractivity contribution in [3.05, 3.63) is 54.0 Å². The first-order chi connectivity index (χ1) is 14.6. The largest absolute Gasteiger partial charge is 0.310 e. The van der Waals surface area contributed by atoms with Gasteiger partial charge in [-0.25, -0.2) is 4.68 Å². The molecular weight excluding hydrogens is 396 g/mol. The molecule has 4 rings (SSSR count). The Labute approximate surface area is 181 Å². The number of amides is 1. The second-order valence-electron chi connectivity index (χ2n) is 7.85. The van der Waals surface area contributed by atoms with Gasteiger partial charge in [-0.15, -0.1) is 10.2 Å². The van der Waals surface area contributed by atoms with Gasteiger partial charge in [0.1, 0.15) is 11.6 Å². The average molecular weight is 425 g/mol. The highest BCUT2D eigenvalue weighted by Crippen LogP contribution is 2.40. The highest BCUT2D eigenvalue weighted by atomic mass is 32.2. The first-order valence-corrected chi connectivity index (χ1v) is 11.4. The Kier molecular flexibility index (Phi) is 6.22. The second kappa shape index (κ2) is 9.04. The number of hydrogen-bond donors (Lipinski definition) is 1. The molecule has 0 radical (unpaired) electrons. The molecule has 8 heteroatoms. The molecule has 158 valence electrons. The molecule has 1 fully saturated rings. The molecule has 3 aromatic rings. The fourth-order valence-corrected chi connectivity index (χ4v) is 4.18. The van der Waals surface area contributed by atoms with E-state index in [1.807, 2.05) is 35.9 Å². The molecule has 1 saturated carbocycles. The van der Waals surface area contributed by atoms with Crippen molar-refractivity contribution in [2.75, 3.05) is 5.32 Å². The number of aromatic nitrogens is 5. The van der Waals surface area contributed by atoms with Crippen LogP contribution < -0.4 is 5.32 Å². The summed E-state index contributed by atoms with van der Waals surface area (Å²) >= 11 is 1.45. The summed E-state index contributed by atoms with van der Waals surface area (Å²) in [6.07, 6.45) is 4.99. The summed E-state index contributed by atoms with van der Waals surface area (Å²) in [5.74, 6) is 2.19. The standard InChI is InChI=1S/C22H28N6OS/c1-4-15(2)28-19(12-13-23-28)24-21(29)16(3)30-22-26-25-20(18-10-11-18)27(22)14-17-8-6-5-7-9-17/h5-9,12-13,15-16,18H,4,10-11,14H2,1-3H3,(H,24,29)/t15-,16-/m0/s1. The molecule has 0 spiro atoms. The van der Waals surface area contributed by atoms with Gasteiger partial charge in [0.05, 0.1) is 24.0 Å². The number of nitrogens with one attached hydrogen (secondary N) is 1. The van der Waals surface area contributed by atoms with E-state index in [1.54, 1.807) is 6.20 Å². The lowest BCUT2D eigenvalue weighted by Gasteiger charge is -2.16. The van der Waals surface area contributed by atoms with Gasteiger partial charge in [-0.05, 0) is 38.7 Å². The van der Waals surface area contributed by atoms with E-state index in [1.165, 1.54) is 17.3 Å². The zero-order chi connectivity index (χ0) is 21.1. The van der Waals surface area contributed by atoms with E-state index in [0.29, 0.717) is 5.92 Å². The predicted octanol–water partition coefficient (Wildman–Crippen LogP) is 4.49. The minimum atomic E-state index is -0.309. The van der Waals surface area contributed by atoms with E-state index in [-0.39, 0.29) is 17.2 Å². The van der Waals surface area contributed by atoms with Crippen molar-refractivity contribution in [3.8, 4) is 0 Å². The Morgan fingerprint density at radius 1 is 1.20 bits per heavy atom. The molecule has 0 aliphatic heterocycles. The van der Waals surface area contributed by atoms with Gasteiger partial charge in [-0.1, -0.05) is 49.0 Å². The van der Waals surface area contributed by atoms with Crippen LogP contribution in [0.2, 0.25) is 0 Å². The summed E-state index contributed by atoms with van der Waals surface area (Å²) in [5, 5.41) is 16.7. The Balaban J connectivity index is 1.48. The smallest absolute Gasteiger partial charge is 0.238 e. The van der Waals surface area contributed by atoms with Crippen LogP contribution in [0.1, 0.15) is 63.4 Å². The highest BCUT2D eigenvalue weighted by Gasteiger charge is 2.31. The Morgan fingerprint density at radius 3 is 2.67 bits per heavy atom. The van der Waals surface area contributed by atoms with Crippen LogP contribution in [-0.4, -0.2) is 35.7 Å².